The van der Waals surface area contributed by atoms with Crippen LogP contribution in [0.4, 0.5) is 10.9 Å². The van der Waals surface area contributed by atoms with Crippen LogP contribution in [0.15, 0.2) is 21.5 Å². The summed E-state index contributed by atoms with van der Waals surface area (Å²) >= 11 is 1.47. The number of nitrogens with zero attached hydrogens (tertiary/aromatic N) is 2. The summed E-state index contributed by atoms with van der Waals surface area (Å²) in [6.07, 6.45) is 5.33. The molecule has 0 spiro atoms. The van der Waals surface area contributed by atoms with Crippen LogP contribution in [0.5, 0.6) is 0 Å². The van der Waals surface area contributed by atoms with Gasteiger partial charge in [0.25, 0.3) is 0 Å². The standard InChI is InChI=1S/C16H16N2O5S/c1-2-22-16(19)14-11-5-3-4-6-12(11)24-15(14)17-9-10-7-8-13(23-10)18(20)21/h7-9H,2-6H2,1H3/b17-9+. The molecule has 1 aliphatic rings. The van der Waals surface area contributed by atoms with E-state index < -0.39 is 4.92 Å². The Morgan fingerprint density at radius 1 is 1.46 bits per heavy atom. The van der Waals surface area contributed by atoms with Crippen LogP contribution in [-0.2, 0) is 17.6 Å². The molecule has 0 aliphatic heterocycles. The fourth-order valence-corrected chi connectivity index (χ4v) is 3.91. The molecule has 0 saturated carbocycles. The Kier molecular flexibility index (Phi) is 4.75. The highest BCUT2D eigenvalue weighted by atomic mass is 32.1. The molecule has 0 aromatic carbocycles. The minimum absolute atomic E-state index is 0.267. The zero-order valence-corrected chi connectivity index (χ0v) is 13.9. The summed E-state index contributed by atoms with van der Waals surface area (Å²) < 4.78 is 10.2. The largest absolute Gasteiger partial charge is 0.462 e. The van der Waals surface area contributed by atoms with Crippen molar-refractivity contribution in [2.24, 2.45) is 4.99 Å². The van der Waals surface area contributed by atoms with Gasteiger partial charge in [0.1, 0.15) is 9.92 Å². The van der Waals surface area contributed by atoms with Gasteiger partial charge in [0.15, 0.2) is 5.76 Å². The smallest absolute Gasteiger partial charge is 0.433 e. The summed E-state index contributed by atoms with van der Waals surface area (Å²) in [6.45, 7) is 2.07. The van der Waals surface area contributed by atoms with Gasteiger partial charge in [0, 0.05) is 4.88 Å². The van der Waals surface area contributed by atoms with E-state index in [1.807, 2.05) is 0 Å². The summed E-state index contributed by atoms with van der Waals surface area (Å²) in [4.78, 5) is 27.8. The van der Waals surface area contributed by atoms with Crippen molar-refractivity contribution < 1.29 is 18.9 Å². The molecule has 126 valence electrons. The molecule has 8 heteroatoms. The molecule has 2 aromatic rings. The van der Waals surface area contributed by atoms with Gasteiger partial charge in [-0.05, 0) is 44.2 Å². The lowest BCUT2D eigenvalue weighted by Crippen LogP contribution is -2.09. The van der Waals surface area contributed by atoms with Crippen LogP contribution in [-0.4, -0.2) is 23.7 Å². The van der Waals surface area contributed by atoms with Gasteiger partial charge < -0.3 is 9.15 Å². The average molecular weight is 348 g/mol. The van der Waals surface area contributed by atoms with E-state index in [-0.39, 0.29) is 17.6 Å². The molecule has 7 nitrogen and oxygen atoms in total. The first-order chi connectivity index (χ1) is 11.6. The molecule has 0 amide bonds. The van der Waals surface area contributed by atoms with Gasteiger partial charge in [-0.1, -0.05) is 0 Å². The Morgan fingerprint density at radius 2 is 2.25 bits per heavy atom. The highest BCUT2D eigenvalue weighted by Gasteiger charge is 2.26. The highest BCUT2D eigenvalue weighted by molar-refractivity contribution is 7.16. The third kappa shape index (κ3) is 3.23. The molecule has 2 aromatic heterocycles. The third-order valence-corrected chi connectivity index (χ3v) is 4.93. The van der Waals surface area contributed by atoms with Crippen molar-refractivity contribution in [3.63, 3.8) is 0 Å². The maximum Gasteiger partial charge on any atom is 0.433 e. The monoisotopic (exact) mass is 348 g/mol. The van der Waals surface area contributed by atoms with E-state index in [0.717, 1.165) is 31.2 Å². The summed E-state index contributed by atoms with van der Waals surface area (Å²) in [7, 11) is 0. The molecule has 0 radical (unpaired) electrons. The lowest BCUT2D eigenvalue weighted by atomic mass is 9.95. The summed E-state index contributed by atoms with van der Waals surface area (Å²) in [5, 5.41) is 11.2. The maximum atomic E-state index is 12.3. The number of ether oxygens (including phenoxy) is 1. The predicted molar refractivity (Wildman–Crippen MR) is 89.5 cm³/mol. The number of rotatable bonds is 5. The molecular weight excluding hydrogens is 332 g/mol. The molecule has 0 N–H and O–H groups in total. The Labute approximate surface area is 142 Å². The number of furan rings is 1. The van der Waals surface area contributed by atoms with Crippen molar-refractivity contribution in [2.75, 3.05) is 6.61 Å². The minimum atomic E-state index is -0.606. The first kappa shape index (κ1) is 16.4. The molecule has 1 aliphatic carbocycles. The molecule has 0 unspecified atom stereocenters. The number of hydrogen-bond acceptors (Lipinski definition) is 7. The minimum Gasteiger partial charge on any atom is -0.462 e. The van der Waals surface area contributed by atoms with Gasteiger partial charge in [-0.2, -0.15) is 0 Å². The quantitative estimate of drug-likeness (QED) is 0.351. The number of carbonyl (C=O) groups excluding carboxylic acids is 1. The highest BCUT2D eigenvalue weighted by Crippen LogP contribution is 2.40. The van der Waals surface area contributed by atoms with E-state index in [4.69, 9.17) is 9.15 Å². The molecule has 0 bridgehead atoms. The Bertz CT molecular complexity index is 805. The second-order valence-corrected chi connectivity index (χ2v) is 6.39. The lowest BCUT2D eigenvalue weighted by molar-refractivity contribution is -0.402. The number of thiophene rings is 1. The van der Waals surface area contributed by atoms with Crippen LogP contribution in [0.25, 0.3) is 0 Å². The second kappa shape index (κ2) is 6.96. The van der Waals surface area contributed by atoms with Gasteiger partial charge >= 0.3 is 11.9 Å². The van der Waals surface area contributed by atoms with E-state index in [2.05, 4.69) is 4.99 Å². The van der Waals surface area contributed by atoms with E-state index in [1.165, 1.54) is 34.6 Å². The Balaban J connectivity index is 1.94. The third-order valence-electron chi connectivity index (χ3n) is 3.73. The van der Waals surface area contributed by atoms with Gasteiger partial charge in [0.05, 0.1) is 24.5 Å². The van der Waals surface area contributed by atoms with Gasteiger partial charge in [-0.15, -0.1) is 11.3 Å². The lowest BCUT2D eigenvalue weighted by Gasteiger charge is -2.11. The molecule has 0 atom stereocenters. The maximum absolute atomic E-state index is 12.3. The predicted octanol–water partition coefficient (Wildman–Crippen LogP) is 4.06. The van der Waals surface area contributed by atoms with Crippen LogP contribution in [0.1, 0.15) is 46.3 Å². The van der Waals surface area contributed by atoms with Gasteiger partial charge in [0.2, 0.25) is 0 Å². The van der Waals surface area contributed by atoms with Crippen LogP contribution in [0.2, 0.25) is 0 Å². The topological polar surface area (TPSA) is 94.9 Å². The molecule has 3 rings (SSSR count). The Hall–Kier alpha value is -2.48. The van der Waals surface area contributed by atoms with Gasteiger partial charge in [-0.25, -0.2) is 9.79 Å². The normalized spacial score (nSPS) is 13.9. The zero-order valence-electron chi connectivity index (χ0n) is 13.1. The fourth-order valence-electron chi connectivity index (χ4n) is 2.69. The van der Waals surface area contributed by atoms with E-state index >= 15 is 0 Å². The van der Waals surface area contributed by atoms with Crippen LogP contribution >= 0.6 is 11.3 Å². The van der Waals surface area contributed by atoms with Gasteiger partial charge in [-0.3, -0.25) is 10.1 Å². The number of nitro groups is 1. The summed E-state index contributed by atoms with van der Waals surface area (Å²) in [5.74, 6) is -0.440. The summed E-state index contributed by atoms with van der Waals surface area (Å²) in [6, 6.07) is 2.74. The molecule has 24 heavy (non-hydrogen) atoms. The van der Waals surface area contributed by atoms with Crippen LogP contribution in [0.3, 0.4) is 0 Å². The summed E-state index contributed by atoms with van der Waals surface area (Å²) in [5.41, 5.74) is 1.55. The first-order valence-electron chi connectivity index (χ1n) is 7.70. The van der Waals surface area contributed by atoms with Crippen molar-refractivity contribution in [1.29, 1.82) is 0 Å². The van der Waals surface area contributed by atoms with Crippen LogP contribution in [0, 0.1) is 10.1 Å². The molecule has 0 saturated heterocycles. The average Bonchev–Trinajstić information content (AvgIpc) is 3.17. The fraction of sp³-hybridized carbons (Fsp3) is 0.375. The second-order valence-electron chi connectivity index (χ2n) is 5.30. The first-order valence-corrected chi connectivity index (χ1v) is 8.51. The van der Waals surface area contributed by atoms with Crippen LogP contribution < -0.4 is 0 Å². The van der Waals surface area contributed by atoms with E-state index in [9.17, 15) is 14.9 Å². The van der Waals surface area contributed by atoms with Crippen molar-refractivity contribution >= 4 is 34.4 Å². The Morgan fingerprint density at radius 3 is 2.96 bits per heavy atom. The van der Waals surface area contributed by atoms with E-state index in [1.54, 1.807) is 6.92 Å². The zero-order chi connectivity index (χ0) is 17.1. The number of aryl methyl sites for hydroxylation is 1. The number of carbonyl (C=O) groups is 1. The van der Waals surface area contributed by atoms with E-state index in [0.29, 0.717) is 17.2 Å². The van der Waals surface area contributed by atoms with Crippen molar-refractivity contribution in [2.45, 2.75) is 32.6 Å². The van der Waals surface area contributed by atoms with Crippen molar-refractivity contribution in [1.82, 2.24) is 0 Å². The number of aliphatic imine (C=N–C) groups is 1. The SMILES string of the molecule is CCOC(=O)c1c(/N=C/c2ccc([N+](=O)[O-])o2)sc2c1CCCC2. The number of hydrogen-bond donors (Lipinski definition) is 0. The number of esters is 1. The molecular formula is C16H16N2O5S. The van der Waals surface area contributed by atoms with Crippen molar-refractivity contribution in [3.05, 3.63) is 44.0 Å². The van der Waals surface area contributed by atoms with Crippen molar-refractivity contribution in [3.8, 4) is 0 Å². The molecule has 0 fully saturated rings. The number of fused-ring (bicyclic) bond motifs is 1. The molecule has 2 heterocycles.